The molecule has 0 saturated heterocycles. The number of carbonyl (C=O) groups is 2. The maximum absolute atomic E-state index is 11.7. The fourth-order valence-electron chi connectivity index (χ4n) is 2.02. The molecule has 92 valence electrons. The van der Waals surface area contributed by atoms with Crippen LogP contribution < -0.4 is 5.32 Å². The van der Waals surface area contributed by atoms with Gasteiger partial charge in [0.1, 0.15) is 0 Å². The second-order valence-electron chi connectivity index (χ2n) is 4.40. The van der Waals surface area contributed by atoms with Gasteiger partial charge in [-0.25, -0.2) is 4.79 Å². The Kier molecular flexibility index (Phi) is 4.73. The molecule has 1 rings (SSSR count). The van der Waals surface area contributed by atoms with E-state index in [0.29, 0.717) is 0 Å². The minimum atomic E-state index is -1.20. The molecule has 0 bridgehead atoms. The Bertz CT molecular complexity index is 259. The predicted molar refractivity (Wildman–Crippen MR) is 57.8 cm³/mol. The molecule has 2 atom stereocenters. The molecular weight excluding hydrogens is 210 g/mol. The van der Waals surface area contributed by atoms with Crippen molar-refractivity contribution in [3.8, 4) is 0 Å². The highest BCUT2D eigenvalue weighted by molar-refractivity contribution is 5.85. The van der Waals surface area contributed by atoms with E-state index in [1.54, 1.807) is 0 Å². The Morgan fingerprint density at radius 2 is 1.81 bits per heavy atom. The number of hydrogen-bond donors (Lipinski definition) is 3. The molecular formula is C11H19NO4. The van der Waals surface area contributed by atoms with E-state index in [2.05, 4.69) is 5.32 Å². The third-order valence-corrected chi connectivity index (χ3v) is 3.02. The Hall–Kier alpha value is -1.10. The van der Waals surface area contributed by atoms with E-state index in [1.807, 2.05) is 0 Å². The van der Waals surface area contributed by atoms with E-state index in [9.17, 15) is 14.7 Å². The molecule has 1 saturated carbocycles. The summed E-state index contributed by atoms with van der Waals surface area (Å²) in [5.41, 5.74) is 0. The number of aliphatic hydroxyl groups is 1. The van der Waals surface area contributed by atoms with Crippen molar-refractivity contribution >= 4 is 11.9 Å². The zero-order valence-electron chi connectivity index (χ0n) is 9.48. The summed E-state index contributed by atoms with van der Waals surface area (Å²) in [4.78, 5) is 22.5. The van der Waals surface area contributed by atoms with Crippen molar-refractivity contribution in [3.63, 3.8) is 0 Å². The average Bonchev–Trinajstić information content (AvgIpc) is 2.25. The van der Waals surface area contributed by atoms with Crippen LogP contribution in [-0.4, -0.2) is 34.2 Å². The van der Waals surface area contributed by atoms with Gasteiger partial charge in [0.05, 0.1) is 6.10 Å². The lowest BCUT2D eigenvalue weighted by molar-refractivity contribution is -0.145. The van der Waals surface area contributed by atoms with Gasteiger partial charge in [-0.1, -0.05) is 19.3 Å². The molecule has 1 aliphatic rings. The van der Waals surface area contributed by atoms with Gasteiger partial charge in [0.25, 0.3) is 0 Å². The SMILES string of the molecule is CC(O)C(NC(=O)C1CCCCC1)C(=O)O. The van der Waals surface area contributed by atoms with Crippen LogP contribution in [0.4, 0.5) is 0 Å². The van der Waals surface area contributed by atoms with Gasteiger partial charge < -0.3 is 15.5 Å². The molecule has 0 aromatic heterocycles. The second kappa shape index (κ2) is 5.84. The van der Waals surface area contributed by atoms with Crippen LogP contribution in [0.3, 0.4) is 0 Å². The zero-order chi connectivity index (χ0) is 12.1. The van der Waals surface area contributed by atoms with Crippen LogP contribution in [-0.2, 0) is 9.59 Å². The Morgan fingerprint density at radius 1 is 1.25 bits per heavy atom. The summed E-state index contributed by atoms with van der Waals surface area (Å²) >= 11 is 0. The minimum Gasteiger partial charge on any atom is -0.480 e. The molecule has 2 unspecified atom stereocenters. The van der Waals surface area contributed by atoms with Crippen molar-refractivity contribution in [2.24, 2.45) is 5.92 Å². The molecule has 0 aromatic rings. The van der Waals surface area contributed by atoms with Gasteiger partial charge in [-0.2, -0.15) is 0 Å². The third kappa shape index (κ3) is 3.48. The van der Waals surface area contributed by atoms with Gasteiger partial charge in [0.15, 0.2) is 6.04 Å². The topological polar surface area (TPSA) is 86.6 Å². The molecule has 1 aliphatic carbocycles. The van der Waals surface area contributed by atoms with E-state index in [4.69, 9.17) is 5.11 Å². The van der Waals surface area contributed by atoms with Crippen molar-refractivity contribution in [3.05, 3.63) is 0 Å². The lowest BCUT2D eigenvalue weighted by Crippen LogP contribution is -2.49. The molecule has 0 spiro atoms. The number of carbonyl (C=O) groups excluding carboxylic acids is 1. The number of hydrogen-bond acceptors (Lipinski definition) is 3. The fraction of sp³-hybridized carbons (Fsp3) is 0.818. The van der Waals surface area contributed by atoms with E-state index in [-0.39, 0.29) is 11.8 Å². The van der Waals surface area contributed by atoms with Gasteiger partial charge in [-0.3, -0.25) is 4.79 Å². The quantitative estimate of drug-likeness (QED) is 0.655. The van der Waals surface area contributed by atoms with Gasteiger partial charge in [-0.05, 0) is 19.8 Å². The fourth-order valence-corrected chi connectivity index (χ4v) is 2.02. The number of carboxylic acids is 1. The van der Waals surface area contributed by atoms with Crippen LogP contribution in [0.15, 0.2) is 0 Å². The summed E-state index contributed by atoms with van der Waals surface area (Å²) in [6, 6.07) is -1.20. The molecule has 1 amide bonds. The third-order valence-electron chi connectivity index (χ3n) is 3.02. The van der Waals surface area contributed by atoms with Crippen LogP contribution in [0, 0.1) is 5.92 Å². The highest BCUT2D eigenvalue weighted by atomic mass is 16.4. The summed E-state index contributed by atoms with van der Waals surface area (Å²) in [5.74, 6) is -1.53. The molecule has 1 fully saturated rings. The second-order valence-corrected chi connectivity index (χ2v) is 4.40. The average molecular weight is 229 g/mol. The van der Waals surface area contributed by atoms with Crippen molar-refractivity contribution in [1.82, 2.24) is 5.32 Å². The summed E-state index contributed by atoms with van der Waals surface area (Å²) < 4.78 is 0. The van der Waals surface area contributed by atoms with E-state index in [1.165, 1.54) is 6.92 Å². The normalized spacial score (nSPS) is 21.1. The summed E-state index contributed by atoms with van der Waals surface area (Å²) in [6.07, 6.45) is 3.73. The highest BCUT2D eigenvalue weighted by Crippen LogP contribution is 2.23. The first kappa shape index (κ1) is 13.0. The van der Waals surface area contributed by atoms with Crippen LogP contribution in [0.5, 0.6) is 0 Å². The largest absolute Gasteiger partial charge is 0.480 e. The van der Waals surface area contributed by atoms with Gasteiger partial charge in [0.2, 0.25) is 5.91 Å². The van der Waals surface area contributed by atoms with Gasteiger partial charge in [0, 0.05) is 5.92 Å². The Morgan fingerprint density at radius 3 is 2.25 bits per heavy atom. The Labute approximate surface area is 94.8 Å². The monoisotopic (exact) mass is 229 g/mol. The number of amides is 1. The Balaban J connectivity index is 2.50. The van der Waals surface area contributed by atoms with Crippen molar-refractivity contribution < 1.29 is 19.8 Å². The van der Waals surface area contributed by atoms with Crippen LogP contribution in [0.25, 0.3) is 0 Å². The number of rotatable bonds is 4. The molecule has 0 radical (unpaired) electrons. The van der Waals surface area contributed by atoms with Gasteiger partial charge >= 0.3 is 5.97 Å². The van der Waals surface area contributed by atoms with Gasteiger partial charge in [-0.15, -0.1) is 0 Å². The highest BCUT2D eigenvalue weighted by Gasteiger charge is 2.29. The van der Waals surface area contributed by atoms with Crippen LogP contribution in [0.1, 0.15) is 39.0 Å². The molecule has 0 aliphatic heterocycles. The van der Waals surface area contributed by atoms with Crippen LogP contribution in [0.2, 0.25) is 0 Å². The molecule has 5 heteroatoms. The number of aliphatic hydroxyl groups excluding tert-OH is 1. The molecule has 16 heavy (non-hydrogen) atoms. The molecule has 0 aromatic carbocycles. The molecule has 3 N–H and O–H groups in total. The summed E-state index contributed by atoms with van der Waals surface area (Å²) in [6.45, 7) is 1.36. The lowest BCUT2D eigenvalue weighted by atomic mass is 9.88. The summed E-state index contributed by atoms with van der Waals surface area (Å²) in [7, 11) is 0. The summed E-state index contributed by atoms with van der Waals surface area (Å²) in [5, 5.41) is 20.4. The van der Waals surface area contributed by atoms with E-state index >= 15 is 0 Å². The first-order valence-corrected chi connectivity index (χ1v) is 5.73. The molecule has 5 nitrogen and oxygen atoms in total. The van der Waals surface area contributed by atoms with Crippen molar-refractivity contribution in [2.45, 2.75) is 51.2 Å². The van der Waals surface area contributed by atoms with E-state index in [0.717, 1.165) is 32.1 Å². The number of carboxylic acid groups (broad SMARTS) is 1. The van der Waals surface area contributed by atoms with Crippen molar-refractivity contribution in [2.75, 3.05) is 0 Å². The van der Waals surface area contributed by atoms with Crippen LogP contribution >= 0.6 is 0 Å². The van der Waals surface area contributed by atoms with E-state index < -0.39 is 18.1 Å². The molecule has 0 heterocycles. The number of aliphatic carboxylic acids is 1. The first-order valence-electron chi connectivity index (χ1n) is 5.73. The number of nitrogens with one attached hydrogen (secondary N) is 1. The maximum atomic E-state index is 11.7. The predicted octanol–water partition coefficient (Wildman–Crippen LogP) is 0.517. The standard InChI is InChI=1S/C11H19NO4/c1-7(13)9(11(15)16)12-10(14)8-5-3-2-4-6-8/h7-9,13H,2-6H2,1H3,(H,12,14)(H,15,16). The minimum absolute atomic E-state index is 0.0886. The van der Waals surface area contributed by atoms with Crippen molar-refractivity contribution in [1.29, 1.82) is 0 Å². The maximum Gasteiger partial charge on any atom is 0.328 e. The lowest BCUT2D eigenvalue weighted by Gasteiger charge is -2.24. The zero-order valence-corrected chi connectivity index (χ0v) is 9.48. The first-order chi connectivity index (χ1) is 7.52. The smallest absolute Gasteiger partial charge is 0.328 e.